The first-order chi connectivity index (χ1) is 9.93. The maximum Gasteiger partial charge on any atom is 0.243 e. The van der Waals surface area contributed by atoms with E-state index in [1.807, 2.05) is 6.92 Å². The van der Waals surface area contributed by atoms with Gasteiger partial charge >= 0.3 is 0 Å². The second-order valence-corrected chi connectivity index (χ2v) is 8.25. The highest BCUT2D eigenvalue weighted by atomic mass is 32.2. The lowest BCUT2D eigenvalue weighted by atomic mass is 9.78. The fourth-order valence-corrected chi connectivity index (χ4v) is 5.41. The van der Waals surface area contributed by atoms with E-state index < -0.39 is 15.4 Å². The smallest absolute Gasteiger partial charge is 0.243 e. The van der Waals surface area contributed by atoms with Crippen molar-refractivity contribution in [2.45, 2.75) is 30.7 Å². The summed E-state index contributed by atoms with van der Waals surface area (Å²) in [6, 6.07) is 6.77. The van der Waals surface area contributed by atoms with E-state index in [1.165, 1.54) is 0 Å². The van der Waals surface area contributed by atoms with Gasteiger partial charge in [-0.1, -0.05) is 17.7 Å². The van der Waals surface area contributed by atoms with Crippen LogP contribution < -0.4 is 0 Å². The number of piperidine rings is 1. The van der Waals surface area contributed by atoms with Crippen molar-refractivity contribution in [2.75, 3.05) is 19.8 Å². The first-order valence-corrected chi connectivity index (χ1v) is 8.67. The molecule has 0 aromatic heterocycles. The van der Waals surface area contributed by atoms with Gasteiger partial charge < -0.3 is 10.2 Å². The normalized spacial score (nSPS) is 28.1. The Morgan fingerprint density at radius 1 is 1.24 bits per heavy atom. The Hall–Kier alpha value is -0.950. The van der Waals surface area contributed by atoms with Gasteiger partial charge in [-0.2, -0.15) is 4.31 Å². The zero-order chi connectivity index (χ0) is 15.3. The number of aliphatic hydroxyl groups is 2. The molecule has 0 radical (unpaired) electrons. The van der Waals surface area contributed by atoms with E-state index in [1.54, 1.807) is 28.6 Å². The fraction of sp³-hybridized carbons (Fsp3) is 0.600. The highest BCUT2D eigenvalue weighted by Crippen LogP contribution is 2.51. The molecule has 1 heterocycles. The second kappa shape index (κ2) is 5.05. The standard InChI is InChI=1S/C15H21NO4S/c1-11-2-4-14(5-3-11)21(19,20)16-8-12-6-13(16)7-15(12,9-17)10-18/h2-5,12-13,17-18H,6-10H2,1H3/t12-,13-/m1/s1. The molecule has 0 unspecified atom stereocenters. The minimum atomic E-state index is -3.48. The van der Waals surface area contributed by atoms with Gasteiger partial charge in [-0.15, -0.1) is 0 Å². The number of fused-ring (bicyclic) bond motifs is 2. The van der Waals surface area contributed by atoms with E-state index in [4.69, 9.17) is 0 Å². The van der Waals surface area contributed by atoms with E-state index in [0.717, 1.165) is 12.0 Å². The summed E-state index contributed by atoms with van der Waals surface area (Å²) in [6.45, 7) is 2.15. The molecule has 1 aliphatic carbocycles. The molecule has 2 fully saturated rings. The van der Waals surface area contributed by atoms with Gasteiger partial charge in [0.15, 0.2) is 0 Å². The zero-order valence-corrected chi connectivity index (χ0v) is 12.9. The zero-order valence-electron chi connectivity index (χ0n) is 12.1. The van der Waals surface area contributed by atoms with Crippen LogP contribution in [-0.2, 0) is 10.0 Å². The van der Waals surface area contributed by atoms with Gasteiger partial charge in [0, 0.05) is 18.0 Å². The van der Waals surface area contributed by atoms with Crippen molar-refractivity contribution in [3.63, 3.8) is 0 Å². The molecule has 6 heteroatoms. The summed E-state index contributed by atoms with van der Waals surface area (Å²) in [5.41, 5.74) is 0.515. The Morgan fingerprint density at radius 3 is 2.33 bits per heavy atom. The molecular formula is C15H21NO4S. The second-order valence-electron chi connectivity index (χ2n) is 6.36. The molecule has 0 amide bonds. The Labute approximate surface area is 125 Å². The maximum absolute atomic E-state index is 12.7. The van der Waals surface area contributed by atoms with Crippen LogP contribution in [0, 0.1) is 18.3 Å². The molecule has 5 nitrogen and oxygen atoms in total. The van der Waals surface area contributed by atoms with Crippen LogP contribution in [0.25, 0.3) is 0 Å². The molecule has 1 aromatic rings. The molecule has 1 saturated carbocycles. The molecule has 2 atom stereocenters. The lowest BCUT2D eigenvalue weighted by molar-refractivity contribution is 0.00249. The van der Waals surface area contributed by atoms with Gasteiger partial charge in [0.25, 0.3) is 0 Å². The van der Waals surface area contributed by atoms with Crippen LogP contribution in [0.3, 0.4) is 0 Å². The summed E-state index contributed by atoms with van der Waals surface area (Å²) in [6.07, 6.45) is 1.27. The highest BCUT2D eigenvalue weighted by Gasteiger charge is 2.56. The van der Waals surface area contributed by atoms with Crippen molar-refractivity contribution in [3.8, 4) is 0 Å². The Morgan fingerprint density at radius 2 is 1.86 bits per heavy atom. The predicted octanol–water partition coefficient (Wildman–Crippen LogP) is 0.749. The maximum atomic E-state index is 12.7. The van der Waals surface area contributed by atoms with Crippen molar-refractivity contribution in [1.82, 2.24) is 4.31 Å². The van der Waals surface area contributed by atoms with Gasteiger partial charge in [-0.05, 0) is 37.8 Å². The molecule has 3 rings (SSSR count). The van der Waals surface area contributed by atoms with Crippen molar-refractivity contribution in [1.29, 1.82) is 0 Å². The van der Waals surface area contributed by atoms with E-state index >= 15 is 0 Å². The van der Waals surface area contributed by atoms with E-state index in [2.05, 4.69) is 0 Å². The van der Waals surface area contributed by atoms with E-state index in [0.29, 0.717) is 17.9 Å². The largest absolute Gasteiger partial charge is 0.396 e. The molecule has 2 N–H and O–H groups in total. The van der Waals surface area contributed by atoms with Crippen molar-refractivity contribution < 1.29 is 18.6 Å². The van der Waals surface area contributed by atoms with E-state index in [-0.39, 0.29) is 25.2 Å². The lowest BCUT2D eigenvalue weighted by Gasteiger charge is -2.38. The molecule has 1 saturated heterocycles. The number of nitrogens with zero attached hydrogens (tertiary/aromatic N) is 1. The monoisotopic (exact) mass is 311 g/mol. The molecule has 116 valence electrons. The Bertz CT molecular complexity index is 622. The predicted molar refractivity (Wildman–Crippen MR) is 78.2 cm³/mol. The molecule has 2 aliphatic rings. The summed E-state index contributed by atoms with van der Waals surface area (Å²) in [5.74, 6) is 0.0396. The quantitative estimate of drug-likeness (QED) is 0.860. The van der Waals surface area contributed by atoms with Crippen LogP contribution >= 0.6 is 0 Å². The third-order valence-electron chi connectivity index (χ3n) is 5.13. The van der Waals surface area contributed by atoms with Crippen LogP contribution in [0.15, 0.2) is 29.2 Å². The van der Waals surface area contributed by atoms with Gasteiger partial charge in [-0.3, -0.25) is 0 Å². The van der Waals surface area contributed by atoms with Crippen LogP contribution in [0.1, 0.15) is 18.4 Å². The van der Waals surface area contributed by atoms with Crippen molar-refractivity contribution in [3.05, 3.63) is 29.8 Å². The molecular weight excluding hydrogens is 290 g/mol. The minimum absolute atomic E-state index is 0.0396. The fourth-order valence-electron chi connectivity index (χ4n) is 3.73. The number of sulfonamides is 1. The molecule has 0 spiro atoms. The van der Waals surface area contributed by atoms with Gasteiger partial charge in [0.05, 0.1) is 18.1 Å². The van der Waals surface area contributed by atoms with Crippen LogP contribution in [-0.4, -0.2) is 48.7 Å². The van der Waals surface area contributed by atoms with Crippen molar-refractivity contribution >= 4 is 10.0 Å². The molecule has 1 aliphatic heterocycles. The lowest BCUT2D eigenvalue weighted by Crippen LogP contribution is -2.47. The average molecular weight is 311 g/mol. The van der Waals surface area contributed by atoms with Crippen LogP contribution in [0.2, 0.25) is 0 Å². The summed E-state index contributed by atoms with van der Waals surface area (Å²) in [4.78, 5) is 0.319. The van der Waals surface area contributed by atoms with Crippen LogP contribution in [0.4, 0.5) is 0 Å². The number of hydrogen-bond donors (Lipinski definition) is 2. The minimum Gasteiger partial charge on any atom is -0.396 e. The highest BCUT2D eigenvalue weighted by molar-refractivity contribution is 7.89. The van der Waals surface area contributed by atoms with Gasteiger partial charge in [0.1, 0.15) is 0 Å². The number of hydrogen-bond acceptors (Lipinski definition) is 4. The van der Waals surface area contributed by atoms with Gasteiger partial charge in [-0.25, -0.2) is 8.42 Å². The summed E-state index contributed by atoms with van der Waals surface area (Å²) >= 11 is 0. The molecule has 1 aromatic carbocycles. The first-order valence-electron chi connectivity index (χ1n) is 7.23. The first kappa shape index (κ1) is 15.0. The third kappa shape index (κ3) is 2.21. The van der Waals surface area contributed by atoms with Crippen LogP contribution in [0.5, 0.6) is 0 Å². The number of aliphatic hydroxyl groups excluding tert-OH is 2. The van der Waals surface area contributed by atoms with Crippen molar-refractivity contribution in [2.24, 2.45) is 11.3 Å². The third-order valence-corrected chi connectivity index (χ3v) is 7.06. The number of benzene rings is 1. The SMILES string of the molecule is Cc1ccc(S(=O)(=O)N2C[C@H]3C[C@@H]2CC3(CO)CO)cc1. The number of aryl methyl sites for hydroxylation is 1. The Balaban J connectivity index is 1.86. The summed E-state index contributed by atoms with van der Waals surface area (Å²) in [5, 5.41) is 19.1. The van der Waals surface area contributed by atoms with E-state index in [9.17, 15) is 18.6 Å². The Kier molecular flexibility index (Phi) is 3.60. The topological polar surface area (TPSA) is 77.8 Å². The summed E-state index contributed by atoms with van der Waals surface area (Å²) < 4.78 is 27.0. The van der Waals surface area contributed by atoms with Gasteiger partial charge in [0.2, 0.25) is 10.0 Å². The molecule has 2 bridgehead atoms. The average Bonchev–Trinajstić information content (AvgIpc) is 3.06. The molecule has 21 heavy (non-hydrogen) atoms. The number of rotatable bonds is 4. The summed E-state index contributed by atoms with van der Waals surface area (Å²) in [7, 11) is -3.48.